The van der Waals surface area contributed by atoms with E-state index in [1.807, 2.05) is 0 Å². The second-order valence-electron chi connectivity index (χ2n) is 5.87. The smallest absolute Gasteiger partial charge is 0.222 e. The van der Waals surface area contributed by atoms with Gasteiger partial charge in [-0.25, -0.2) is 28.4 Å². The molecule has 138 valence electrons. The molecule has 2 aromatic heterocycles. The summed E-state index contributed by atoms with van der Waals surface area (Å²) in [5.74, 6) is 3.32. The molecule has 2 heterocycles. The minimum atomic E-state index is -1.79. The van der Waals surface area contributed by atoms with Crippen LogP contribution in [0.5, 0.6) is 0 Å². The highest BCUT2D eigenvalue weighted by molar-refractivity contribution is 6.28. The second-order valence-corrected chi connectivity index (χ2v) is 6.21. The third-order valence-electron chi connectivity index (χ3n) is 4.04. The summed E-state index contributed by atoms with van der Waals surface area (Å²) < 4.78 is 29.1. The molecule has 0 spiro atoms. The fraction of sp³-hybridized carbons (Fsp3) is 0.222. The number of hydrogen-bond acceptors (Lipinski definition) is 5. The molecule has 0 unspecified atom stereocenters. The van der Waals surface area contributed by atoms with Crippen LogP contribution in [0.3, 0.4) is 0 Å². The van der Waals surface area contributed by atoms with Crippen LogP contribution in [0.25, 0.3) is 0 Å². The molecule has 0 aliphatic carbocycles. The Labute approximate surface area is 158 Å². The van der Waals surface area contributed by atoms with Gasteiger partial charge in [0.1, 0.15) is 29.9 Å². The van der Waals surface area contributed by atoms with E-state index in [1.54, 1.807) is 6.92 Å². The molecule has 3 aromatic rings. The Morgan fingerprint density at radius 2 is 2.04 bits per heavy atom. The number of nitrogens with zero attached hydrogens (tertiary/aromatic N) is 5. The first-order valence-electron chi connectivity index (χ1n) is 7.88. The van der Waals surface area contributed by atoms with Crippen molar-refractivity contribution in [2.75, 3.05) is 0 Å². The Morgan fingerprint density at radius 1 is 1.30 bits per heavy atom. The van der Waals surface area contributed by atoms with Crippen LogP contribution in [0.4, 0.5) is 8.78 Å². The number of benzene rings is 1. The van der Waals surface area contributed by atoms with Crippen molar-refractivity contribution < 1.29 is 13.9 Å². The monoisotopic (exact) mass is 389 g/mol. The van der Waals surface area contributed by atoms with Crippen LogP contribution in [-0.4, -0.2) is 29.8 Å². The predicted molar refractivity (Wildman–Crippen MR) is 93.4 cm³/mol. The first-order chi connectivity index (χ1) is 12.9. The van der Waals surface area contributed by atoms with Crippen molar-refractivity contribution in [2.24, 2.45) is 5.92 Å². The zero-order chi connectivity index (χ0) is 19.4. The average Bonchev–Trinajstić information content (AvgIpc) is 3.13. The first kappa shape index (κ1) is 18.9. The van der Waals surface area contributed by atoms with E-state index in [9.17, 15) is 13.9 Å². The molecule has 27 heavy (non-hydrogen) atoms. The number of hydrogen-bond donors (Lipinski definition) is 1. The molecule has 0 aliphatic rings. The number of halogens is 3. The molecule has 0 aliphatic heterocycles. The quantitative estimate of drug-likeness (QED) is 0.548. The van der Waals surface area contributed by atoms with Crippen molar-refractivity contribution in [1.29, 1.82) is 0 Å². The van der Waals surface area contributed by atoms with E-state index in [-0.39, 0.29) is 17.4 Å². The summed E-state index contributed by atoms with van der Waals surface area (Å²) in [6, 6.07) is 3.00. The average molecular weight is 390 g/mol. The molecule has 0 saturated carbocycles. The van der Waals surface area contributed by atoms with Gasteiger partial charge in [-0.2, -0.15) is 5.10 Å². The highest BCUT2D eigenvalue weighted by atomic mass is 35.5. The van der Waals surface area contributed by atoms with E-state index < -0.39 is 23.2 Å². The molecule has 0 radical (unpaired) electrons. The van der Waals surface area contributed by atoms with Gasteiger partial charge in [0.25, 0.3) is 0 Å². The zero-order valence-corrected chi connectivity index (χ0v) is 14.9. The maximum Gasteiger partial charge on any atom is 0.222 e. The fourth-order valence-corrected chi connectivity index (χ4v) is 2.64. The van der Waals surface area contributed by atoms with Crippen molar-refractivity contribution in [2.45, 2.75) is 19.1 Å². The lowest BCUT2D eigenvalue weighted by Crippen LogP contribution is -2.39. The van der Waals surface area contributed by atoms with Crippen molar-refractivity contribution in [1.82, 2.24) is 24.7 Å². The molecule has 1 N–H and O–H groups in total. The summed E-state index contributed by atoms with van der Waals surface area (Å²) in [6.07, 6.45) is 5.55. The van der Waals surface area contributed by atoms with Crippen LogP contribution in [0, 0.1) is 29.4 Å². The van der Waals surface area contributed by atoms with Crippen molar-refractivity contribution in [3.63, 3.8) is 0 Å². The minimum absolute atomic E-state index is 0.0877. The molecular weight excluding hydrogens is 376 g/mol. The van der Waals surface area contributed by atoms with Gasteiger partial charge in [-0.05, 0) is 24.6 Å². The van der Waals surface area contributed by atoms with E-state index in [0.29, 0.717) is 5.56 Å². The predicted octanol–water partition coefficient (Wildman–Crippen LogP) is 2.58. The SMILES string of the molecule is C[C@@H](C#Cc1cnc(Cl)nc1)[C@](O)(Cn1cncn1)c1ccc(F)cc1F. The largest absolute Gasteiger partial charge is 0.382 e. The lowest BCUT2D eigenvalue weighted by atomic mass is 9.82. The minimum Gasteiger partial charge on any atom is -0.382 e. The van der Waals surface area contributed by atoms with Gasteiger partial charge in [0.05, 0.1) is 18.0 Å². The summed E-state index contributed by atoms with van der Waals surface area (Å²) in [5.41, 5.74) is -1.39. The maximum absolute atomic E-state index is 14.4. The van der Waals surface area contributed by atoms with Gasteiger partial charge in [-0.15, -0.1) is 0 Å². The van der Waals surface area contributed by atoms with Gasteiger partial charge in [-0.1, -0.05) is 17.9 Å². The summed E-state index contributed by atoms with van der Waals surface area (Å²) in [4.78, 5) is 11.5. The van der Waals surface area contributed by atoms with E-state index in [0.717, 1.165) is 12.1 Å². The molecule has 0 bridgehead atoms. The van der Waals surface area contributed by atoms with Crippen LogP contribution in [0.2, 0.25) is 5.28 Å². The summed E-state index contributed by atoms with van der Waals surface area (Å²) >= 11 is 5.64. The third-order valence-corrected chi connectivity index (χ3v) is 4.23. The van der Waals surface area contributed by atoms with E-state index in [2.05, 4.69) is 31.9 Å². The van der Waals surface area contributed by atoms with Crippen LogP contribution in [0.15, 0.2) is 43.2 Å². The summed E-state index contributed by atoms with van der Waals surface area (Å²) in [7, 11) is 0. The van der Waals surface area contributed by atoms with Crippen LogP contribution >= 0.6 is 11.6 Å². The molecular formula is C18H14ClF2N5O. The topological polar surface area (TPSA) is 76.7 Å². The van der Waals surface area contributed by atoms with Crippen LogP contribution in [-0.2, 0) is 12.1 Å². The van der Waals surface area contributed by atoms with E-state index >= 15 is 0 Å². The summed E-state index contributed by atoms with van der Waals surface area (Å²) in [6.45, 7) is 1.51. The van der Waals surface area contributed by atoms with Gasteiger partial charge >= 0.3 is 0 Å². The van der Waals surface area contributed by atoms with Gasteiger partial charge in [0.2, 0.25) is 5.28 Å². The van der Waals surface area contributed by atoms with E-state index in [1.165, 1.54) is 35.8 Å². The first-order valence-corrected chi connectivity index (χ1v) is 8.25. The van der Waals surface area contributed by atoms with Gasteiger partial charge in [0.15, 0.2) is 0 Å². The molecule has 1 aromatic carbocycles. The zero-order valence-electron chi connectivity index (χ0n) is 14.1. The van der Waals surface area contributed by atoms with E-state index in [4.69, 9.17) is 11.6 Å². The Kier molecular flexibility index (Phi) is 5.44. The molecule has 0 fully saturated rings. The molecule has 6 nitrogen and oxygen atoms in total. The van der Waals surface area contributed by atoms with Gasteiger partial charge in [0, 0.05) is 24.0 Å². The maximum atomic E-state index is 14.4. The normalized spacial score (nSPS) is 14.1. The summed E-state index contributed by atoms with van der Waals surface area (Å²) in [5, 5.41) is 15.3. The molecule has 9 heteroatoms. The Balaban J connectivity index is 1.99. The number of rotatable bonds is 4. The number of aromatic nitrogens is 5. The van der Waals surface area contributed by atoms with Crippen molar-refractivity contribution in [3.05, 3.63) is 71.3 Å². The Hall–Kier alpha value is -2.89. The standard InChI is InChI=1S/C18H14ClF2N5O/c1-12(2-3-13-7-23-17(19)24-8-13)18(27,9-26-11-22-10-25-26)15-5-4-14(20)6-16(15)21/h4-8,10-12,27H,9H2,1H3/t12-,18+/m0/s1. The Bertz CT molecular complexity index is 985. The van der Waals surface area contributed by atoms with Crippen molar-refractivity contribution >= 4 is 11.6 Å². The lowest BCUT2D eigenvalue weighted by Gasteiger charge is -2.32. The highest BCUT2D eigenvalue weighted by Crippen LogP contribution is 2.33. The van der Waals surface area contributed by atoms with Gasteiger partial charge < -0.3 is 5.11 Å². The third kappa shape index (κ3) is 4.27. The highest BCUT2D eigenvalue weighted by Gasteiger charge is 2.38. The molecule has 2 atom stereocenters. The van der Waals surface area contributed by atoms with Gasteiger partial charge in [-0.3, -0.25) is 0 Å². The number of aliphatic hydroxyl groups is 1. The van der Waals surface area contributed by atoms with Crippen LogP contribution in [0.1, 0.15) is 18.1 Å². The Morgan fingerprint density at radius 3 is 2.67 bits per heavy atom. The van der Waals surface area contributed by atoms with Crippen molar-refractivity contribution in [3.8, 4) is 11.8 Å². The van der Waals surface area contributed by atoms with Crippen LogP contribution < -0.4 is 0 Å². The molecule has 3 rings (SSSR count). The molecule has 0 amide bonds. The molecule has 0 saturated heterocycles. The fourth-order valence-electron chi connectivity index (χ4n) is 2.55. The second kappa shape index (κ2) is 7.78. The lowest BCUT2D eigenvalue weighted by molar-refractivity contribution is -0.0191.